The number of hydrogen-bond acceptors (Lipinski definition) is 7. The number of nitrogens with one attached hydrogen (secondary N) is 1. The lowest BCUT2D eigenvalue weighted by Gasteiger charge is -1.99. The Bertz CT molecular complexity index is 501. The third kappa shape index (κ3) is 3.75. The topological polar surface area (TPSA) is 80.7 Å². The Morgan fingerprint density at radius 2 is 2.18 bits per heavy atom. The molecule has 1 N–H and O–H groups in total. The third-order valence-electron chi connectivity index (χ3n) is 1.65. The highest BCUT2D eigenvalue weighted by molar-refractivity contribution is 7.99. The van der Waals surface area contributed by atoms with Gasteiger partial charge in [0.25, 0.3) is 0 Å². The first kappa shape index (κ1) is 11.9. The fraction of sp³-hybridized carbons (Fsp3) is 0.222. The summed E-state index contributed by atoms with van der Waals surface area (Å²) in [5.41, 5.74) is 0. The van der Waals surface area contributed by atoms with Crippen LogP contribution in [0.2, 0.25) is 0 Å². The van der Waals surface area contributed by atoms with Gasteiger partial charge in [-0.05, 0) is 13.0 Å². The second-order valence-corrected chi connectivity index (χ2v) is 5.12. The van der Waals surface area contributed by atoms with E-state index in [0.717, 1.165) is 5.01 Å². The van der Waals surface area contributed by atoms with Gasteiger partial charge in [-0.25, -0.2) is 9.97 Å². The second-order valence-electron chi connectivity index (χ2n) is 2.99. The van der Waals surface area contributed by atoms with Gasteiger partial charge in [0.1, 0.15) is 5.01 Å². The zero-order chi connectivity index (χ0) is 12.1. The van der Waals surface area contributed by atoms with Crippen LogP contribution in [0.25, 0.3) is 0 Å². The Hall–Kier alpha value is -1.54. The second kappa shape index (κ2) is 5.69. The van der Waals surface area contributed by atoms with Gasteiger partial charge >= 0.3 is 0 Å². The largest absolute Gasteiger partial charge is 0.300 e. The van der Waals surface area contributed by atoms with E-state index >= 15 is 0 Å². The Balaban J connectivity index is 1.82. The number of carbonyl (C=O) groups excluding carboxylic acids is 1. The molecule has 8 heteroatoms. The number of hydrogen-bond donors (Lipinski definition) is 1. The van der Waals surface area contributed by atoms with Crippen molar-refractivity contribution in [3.8, 4) is 0 Å². The summed E-state index contributed by atoms with van der Waals surface area (Å²) in [6.07, 6.45) is 3.28. The van der Waals surface area contributed by atoms with Crippen LogP contribution in [0, 0.1) is 6.92 Å². The number of aromatic nitrogens is 4. The molecular formula is C9H9N5OS2. The fourth-order valence-corrected chi connectivity index (χ4v) is 2.20. The summed E-state index contributed by atoms with van der Waals surface area (Å²) in [6.45, 7) is 1.83. The molecule has 0 aliphatic carbocycles. The van der Waals surface area contributed by atoms with Crippen molar-refractivity contribution in [2.45, 2.75) is 12.1 Å². The molecule has 88 valence electrons. The molecule has 0 atom stereocenters. The first-order valence-corrected chi connectivity index (χ1v) is 6.54. The fourth-order valence-electron chi connectivity index (χ4n) is 0.992. The quantitative estimate of drug-likeness (QED) is 0.665. The highest BCUT2D eigenvalue weighted by Gasteiger charge is 2.07. The van der Waals surface area contributed by atoms with Gasteiger partial charge in [0.05, 0.1) is 5.75 Å². The Morgan fingerprint density at radius 3 is 2.82 bits per heavy atom. The van der Waals surface area contributed by atoms with Crippen molar-refractivity contribution in [2.24, 2.45) is 0 Å². The minimum absolute atomic E-state index is 0.140. The van der Waals surface area contributed by atoms with Crippen LogP contribution in [-0.4, -0.2) is 31.8 Å². The zero-order valence-corrected chi connectivity index (χ0v) is 10.6. The number of rotatable bonds is 4. The van der Waals surface area contributed by atoms with Crippen molar-refractivity contribution in [3.63, 3.8) is 0 Å². The molecule has 0 aliphatic heterocycles. The van der Waals surface area contributed by atoms with E-state index in [4.69, 9.17) is 0 Å². The maximum Gasteiger partial charge on any atom is 0.236 e. The van der Waals surface area contributed by atoms with Crippen LogP contribution in [-0.2, 0) is 4.79 Å². The average molecular weight is 267 g/mol. The van der Waals surface area contributed by atoms with E-state index in [1.807, 2.05) is 6.92 Å². The maximum atomic E-state index is 11.5. The van der Waals surface area contributed by atoms with Crippen LogP contribution in [0.4, 0.5) is 5.13 Å². The molecule has 0 aromatic carbocycles. The SMILES string of the molecule is Cc1nnc(NC(=O)CSc2ncccn2)s1. The molecule has 2 heterocycles. The highest BCUT2D eigenvalue weighted by Crippen LogP contribution is 2.15. The molecular weight excluding hydrogens is 258 g/mol. The average Bonchev–Trinajstić information content (AvgIpc) is 2.73. The number of anilines is 1. The maximum absolute atomic E-state index is 11.5. The molecule has 2 aromatic rings. The van der Waals surface area contributed by atoms with Crippen molar-refractivity contribution < 1.29 is 4.79 Å². The Morgan fingerprint density at radius 1 is 1.41 bits per heavy atom. The van der Waals surface area contributed by atoms with Crippen LogP contribution in [0.3, 0.4) is 0 Å². The monoisotopic (exact) mass is 267 g/mol. The standard InChI is InChI=1S/C9H9N5OS2/c1-6-13-14-9(17-6)12-7(15)5-16-8-10-3-2-4-11-8/h2-4H,5H2,1H3,(H,12,14,15). The van der Waals surface area contributed by atoms with E-state index in [0.29, 0.717) is 10.3 Å². The van der Waals surface area contributed by atoms with E-state index in [9.17, 15) is 4.79 Å². The number of thioether (sulfide) groups is 1. The van der Waals surface area contributed by atoms with E-state index < -0.39 is 0 Å². The Kier molecular flexibility index (Phi) is 3.99. The van der Waals surface area contributed by atoms with E-state index in [2.05, 4.69) is 25.5 Å². The minimum Gasteiger partial charge on any atom is -0.300 e. The molecule has 2 rings (SSSR count). The Labute approximate surface area is 106 Å². The molecule has 17 heavy (non-hydrogen) atoms. The molecule has 0 aliphatic rings. The van der Waals surface area contributed by atoms with Gasteiger partial charge in [-0.2, -0.15) is 0 Å². The third-order valence-corrected chi connectivity index (χ3v) is 3.28. The van der Waals surface area contributed by atoms with E-state index in [-0.39, 0.29) is 11.7 Å². The van der Waals surface area contributed by atoms with Crippen LogP contribution in [0.15, 0.2) is 23.6 Å². The van der Waals surface area contributed by atoms with Crippen LogP contribution in [0.1, 0.15) is 5.01 Å². The summed E-state index contributed by atoms with van der Waals surface area (Å²) < 4.78 is 0. The predicted molar refractivity (Wildman–Crippen MR) is 66.0 cm³/mol. The lowest BCUT2D eigenvalue weighted by Crippen LogP contribution is -2.14. The normalized spacial score (nSPS) is 10.2. The van der Waals surface area contributed by atoms with Crippen molar-refractivity contribution in [2.75, 3.05) is 11.1 Å². The van der Waals surface area contributed by atoms with Crippen molar-refractivity contribution in [3.05, 3.63) is 23.5 Å². The summed E-state index contributed by atoms with van der Waals surface area (Å²) >= 11 is 2.62. The molecule has 2 aromatic heterocycles. The first-order valence-electron chi connectivity index (χ1n) is 4.74. The number of nitrogens with zero attached hydrogens (tertiary/aromatic N) is 4. The zero-order valence-electron chi connectivity index (χ0n) is 8.95. The van der Waals surface area contributed by atoms with Gasteiger partial charge in [0.15, 0.2) is 5.16 Å². The summed E-state index contributed by atoms with van der Waals surface area (Å²) in [5, 5.41) is 12.2. The summed E-state index contributed by atoms with van der Waals surface area (Å²) in [7, 11) is 0. The molecule has 0 fully saturated rings. The van der Waals surface area contributed by atoms with Crippen LogP contribution >= 0.6 is 23.1 Å². The lowest BCUT2D eigenvalue weighted by atomic mass is 10.7. The smallest absolute Gasteiger partial charge is 0.236 e. The van der Waals surface area contributed by atoms with E-state index in [1.165, 1.54) is 23.1 Å². The molecule has 0 unspecified atom stereocenters. The van der Waals surface area contributed by atoms with Crippen LogP contribution in [0.5, 0.6) is 0 Å². The summed E-state index contributed by atoms with van der Waals surface area (Å²) in [6, 6.07) is 1.73. The van der Waals surface area contributed by atoms with Gasteiger partial charge < -0.3 is 0 Å². The molecule has 1 amide bonds. The first-order chi connectivity index (χ1) is 8.24. The molecule has 0 radical (unpaired) electrons. The van der Waals surface area contributed by atoms with Gasteiger partial charge in [0.2, 0.25) is 11.0 Å². The minimum atomic E-state index is -0.140. The molecule has 0 spiro atoms. The van der Waals surface area contributed by atoms with Crippen molar-refractivity contribution >= 4 is 34.1 Å². The summed E-state index contributed by atoms with van der Waals surface area (Å²) in [4.78, 5) is 19.6. The lowest BCUT2D eigenvalue weighted by molar-refractivity contribution is -0.113. The molecule has 6 nitrogen and oxygen atoms in total. The van der Waals surface area contributed by atoms with Crippen molar-refractivity contribution in [1.82, 2.24) is 20.2 Å². The molecule has 0 saturated carbocycles. The number of carbonyl (C=O) groups is 1. The summed E-state index contributed by atoms with van der Waals surface area (Å²) in [5.74, 6) is 0.112. The van der Waals surface area contributed by atoms with Gasteiger partial charge in [0, 0.05) is 12.4 Å². The number of aryl methyl sites for hydroxylation is 1. The van der Waals surface area contributed by atoms with Crippen molar-refractivity contribution in [1.29, 1.82) is 0 Å². The predicted octanol–water partition coefficient (Wildman–Crippen LogP) is 1.37. The van der Waals surface area contributed by atoms with E-state index in [1.54, 1.807) is 18.5 Å². The van der Waals surface area contributed by atoms with Gasteiger partial charge in [-0.15, -0.1) is 10.2 Å². The number of amides is 1. The molecule has 0 bridgehead atoms. The molecule has 0 saturated heterocycles. The van der Waals surface area contributed by atoms with Gasteiger partial charge in [-0.3, -0.25) is 10.1 Å². The van der Waals surface area contributed by atoms with Crippen LogP contribution < -0.4 is 5.32 Å². The van der Waals surface area contributed by atoms with Gasteiger partial charge in [-0.1, -0.05) is 23.1 Å². The highest BCUT2D eigenvalue weighted by atomic mass is 32.2.